The molecule has 2 heterocycles. The van der Waals surface area contributed by atoms with Crippen molar-refractivity contribution in [2.24, 2.45) is 0 Å². The standard InChI is InChI=1S/C13H8ClNO2/c14-11-4-2-1-3-9(11)8-5-10-12(15-6-8)7-17-13(10)16/h1-6H,7H2. The number of pyridine rings is 1. The average Bonchev–Trinajstić information content (AvgIpc) is 2.71. The van der Waals surface area contributed by atoms with E-state index in [1.165, 1.54) is 0 Å². The highest BCUT2D eigenvalue weighted by atomic mass is 35.5. The van der Waals surface area contributed by atoms with Crippen LogP contribution in [0.4, 0.5) is 0 Å². The van der Waals surface area contributed by atoms with E-state index in [-0.39, 0.29) is 12.6 Å². The predicted octanol–water partition coefficient (Wildman–Crippen LogP) is 3.07. The summed E-state index contributed by atoms with van der Waals surface area (Å²) >= 11 is 6.10. The molecule has 0 N–H and O–H groups in total. The summed E-state index contributed by atoms with van der Waals surface area (Å²) in [6, 6.07) is 9.24. The van der Waals surface area contributed by atoms with Crippen LogP contribution in [0.5, 0.6) is 0 Å². The van der Waals surface area contributed by atoms with Crippen molar-refractivity contribution in [3.8, 4) is 11.1 Å². The summed E-state index contributed by atoms with van der Waals surface area (Å²) in [5.74, 6) is -0.318. The number of fused-ring (bicyclic) bond motifs is 1. The molecule has 3 rings (SSSR count). The molecule has 0 saturated carbocycles. The Bertz CT molecular complexity index is 610. The summed E-state index contributed by atoms with van der Waals surface area (Å²) in [4.78, 5) is 15.7. The first-order chi connectivity index (χ1) is 8.25. The Labute approximate surface area is 103 Å². The fraction of sp³-hybridized carbons (Fsp3) is 0.0769. The number of aromatic nitrogens is 1. The summed E-state index contributed by atoms with van der Waals surface area (Å²) in [6.07, 6.45) is 1.71. The first-order valence-electron chi connectivity index (χ1n) is 5.16. The summed E-state index contributed by atoms with van der Waals surface area (Å²) < 4.78 is 4.91. The minimum Gasteiger partial charge on any atom is -0.456 e. The molecule has 0 unspecified atom stereocenters. The normalized spacial score (nSPS) is 13.4. The number of hydrogen-bond acceptors (Lipinski definition) is 3. The molecule has 17 heavy (non-hydrogen) atoms. The van der Waals surface area contributed by atoms with Gasteiger partial charge in [-0.05, 0) is 12.1 Å². The van der Waals surface area contributed by atoms with Crippen LogP contribution in [0.3, 0.4) is 0 Å². The largest absolute Gasteiger partial charge is 0.456 e. The number of rotatable bonds is 1. The van der Waals surface area contributed by atoms with Crippen molar-refractivity contribution in [1.82, 2.24) is 4.98 Å². The monoisotopic (exact) mass is 245 g/mol. The highest BCUT2D eigenvalue weighted by Gasteiger charge is 2.23. The molecule has 1 aliphatic rings. The number of carbonyl (C=O) groups is 1. The van der Waals surface area contributed by atoms with Gasteiger partial charge in [0.1, 0.15) is 6.61 Å². The zero-order chi connectivity index (χ0) is 11.8. The number of halogens is 1. The molecular formula is C13H8ClNO2. The van der Waals surface area contributed by atoms with Crippen molar-refractivity contribution < 1.29 is 9.53 Å². The van der Waals surface area contributed by atoms with Crippen LogP contribution in [0.1, 0.15) is 16.1 Å². The van der Waals surface area contributed by atoms with Crippen molar-refractivity contribution in [3.63, 3.8) is 0 Å². The van der Waals surface area contributed by atoms with Crippen molar-refractivity contribution in [3.05, 3.63) is 52.8 Å². The van der Waals surface area contributed by atoms with Crippen molar-refractivity contribution >= 4 is 17.6 Å². The number of ether oxygens (including phenoxy) is 1. The van der Waals surface area contributed by atoms with Crippen LogP contribution in [-0.2, 0) is 11.3 Å². The molecule has 0 radical (unpaired) electrons. The van der Waals surface area contributed by atoms with Gasteiger partial charge in [-0.15, -0.1) is 0 Å². The minimum atomic E-state index is -0.318. The fourth-order valence-corrected chi connectivity index (χ4v) is 2.08. The first kappa shape index (κ1) is 10.3. The van der Waals surface area contributed by atoms with E-state index in [0.717, 1.165) is 11.1 Å². The number of benzene rings is 1. The lowest BCUT2D eigenvalue weighted by atomic mass is 10.1. The second-order valence-corrected chi connectivity index (χ2v) is 4.18. The van der Waals surface area contributed by atoms with Gasteiger partial charge in [0.2, 0.25) is 0 Å². The quantitative estimate of drug-likeness (QED) is 0.725. The van der Waals surface area contributed by atoms with Crippen molar-refractivity contribution in [2.45, 2.75) is 6.61 Å². The molecule has 0 bridgehead atoms. The van der Waals surface area contributed by atoms with E-state index >= 15 is 0 Å². The molecule has 1 aliphatic heterocycles. The molecule has 2 aromatic rings. The van der Waals surface area contributed by atoms with Gasteiger partial charge < -0.3 is 4.74 Å². The van der Waals surface area contributed by atoms with E-state index in [0.29, 0.717) is 16.3 Å². The number of cyclic esters (lactones) is 1. The lowest BCUT2D eigenvalue weighted by Gasteiger charge is -2.04. The van der Waals surface area contributed by atoms with E-state index < -0.39 is 0 Å². The zero-order valence-corrected chi connectivity index (χ0v) is 9.57. The Hall–Kier alpha value is -1.87. The van der Waals surface area contributed by atoms with E-state index in [4.69, 9.17) is 16.3 Å². The number of nitrogens with zero attached hydrogens (tertiary/aromatic N) is 1. The molecule has 84 valence electrons. The van der Waals surface area contributed by atoms with Crippen LogP contribution in [0.25, 0.3) is 11.1 Å². The molecule has 0 atom stereocenters. The maximum Gasteiger partial charge on any atom is 0.340 e. The summed E-state index contributed by atoms with van der Waals surface area (Å²) in [6.45, 7) is 0.261. The number of hydrogen-bond donors (Lipinski definition) is 0. The van der Waals surface area contributed by atoms with Crippen molar-refractivity contribution in [2.75, 3.05) is 0 Å². The Morgan fingerprint density at radius 3 is 2.88 bits per heavy atom. The van der Waals surface area contributed by atoms with Gasteiger partial charge in [-0.3, -0.25) is 4.98 Å². The van der Waals surface area contributed by atoms with Crippen LogP contribution >= 0.6 is 11.6 Å². The smallest absolute Gasteiger partial charge is 0.340 e. The molecule has 0 aliphatic carbocycles. The molecule has 1 aromatic heterocycles. The Balaban J connectivity index is 2.15. The number of carbonyl (C=O) groups excluding carboxylic acids is 1. The molecule has 1 aromatic carbocycles. The molecule has 0 fully saturated rings. The van der Waals surface area contributed by atoms with Crippen LogP contribution in [0, 0.1) is 0 Å². The van der Waals surface area contributed by atoms with Gasteiger partial charge in [-0.25, -0.2) is 4.79 Å². The molecule has 3 nitrogen and oxygen atoms in total. The highest BCUT2D eigenvalue weighted by molar-refractivity contribution is 6.33. The van der Waals surface area contributed by atoms with E-state index in [2.05, 4.69) is 4.98 Å². The third-order valence-corrected chi connectivity index (χ3v) is 3.04. The maximum absolute atomic E-state index is 11.4. The van der Waals surface area contributed by atoms with Crippen LogP contribution < -0.4 is 0 Å². The van der Waals surface area contributed by atoms with Gasteiger partial charge in [0.05, 0.1) is 11.3 Å². The first-order valence-corrected chi connectivity index (χ1v) is 5.54. The van der Waals surface area contributed by atoms with Crippen LogP contribution in [-0.4, -0.2) is 11.0 Å². The van der Waals surface area contributed by atoms with Crippen molar-refractivity contribution in [1.29, 1.82) is 0 Å². The van der Waals surface area contributed by atoms with Gasteiger partial charge in [0.25, 0.3) is 0 Å². The van der Waals surface area contributed by atoms with E-state index in [1.807, 2.05) is 24.3 Å². The lowest BCUT2D eigenvalue weighted by molar-refractivity contribution is 0.0533. The Morgan fingerprint density at radius 2 is 2.06 bits per heavy atom. The topological polar surface area (TPSA) is 39.2 Å². The predicted molar refractivity (Wildman–Crippen MR) is 63.8 cm³/mol. The second-order valence-electron chi connectivity index (χ2n) is 3.77. The summed E-state index contributed by atoms with van der Waals surface area (Å²) in [5, 5.41) is 0.639. The molecule has 0 spiro atoms. The molecular weight excluding hydrogens is 238 g/mol. The SMILES string of the molecule is O=C1OCc2ncc(-c3ccccc3Cl)cc21. The van der Waals surface area contributed by atoms with Gasteiger partial charge >= 0.3 is 5.97 Å². The molecule has 0 amide bonds. The van der Waals surface area contributed by atoms with E-state index in [1.54, 1.807) is 12.3 Å². The summed E-state index contributed by atoms with van der Waals surface area (Å²) in [5.41, 5.74) is 2.91. The van der Waals surface area contributed by atoms with Crippen LogP contribution in [0.2, 0.25) is 5.02 Å². The minimum absolute atomic E-state index is 0.261. The zero-order valence-electron chi connectivity index (χ0n) is 8.81. The van der Waals surface area contributed by atoms with Gasteiger partial charge in [0, 0.05) is 22.3 Å². The van der Waals surface area contributed by atoms with Gasteiger partial charge in [-0.2, -0.15) is 0 Å². The summed E-state index contributed by atoms with van der Waals surface area (Å²) in [7, 11) is 0. The third-order valence-electron chi connectivity index (χ3n) is 2.71. The van der Waals surface area contributed by atoms with Crippen LogP contribution in [0.15, 0.2) is 36.5 Å². The van der Waals surface area contributed by atoms with Gasteiger partial charge in [-0.1, -0.05) is 29.8 Å². The maximum atomic E-state index is 11.4. The fourth-order valence-electron chi connectivity index (χ4n) is 1.84. The second kappa shape index (κ2) is 3.86. The average molecular weight is 246 g/mol. The molecule has 0 saturated heterocycles. The van der Waals surface area contributed by atoms with E-state index in [9.17, 15) is 4.79 Å². The van der Waals surface area contributed by atoms with Gasteiger partial charge in [0.15, 0.2) is 0 Å². The Morgan fingerprint density at radius 1 is 1.24 bits per heavy atom. The number of esters is 1. The lowest BCUT2D eigenvalue weighted by Crippen LogP contribution is -1.95. The third kappa shape index (κ3) is 1.68. The molecule has 4 heteroatoms. The highest BCUT2D eigenvalue weighted by Crippen LogP contribution is 2.29. The Kier molecular flexibility index (Phi) is 2.34.